The zero-order chi connectivity index (χ0) is 12.6. The molecule has 0 aromatic rings. The largest absolute Gasteiger partial charge is 0.661 e. The van der Waals surface area contributed by atoms with Gasteiger partial charge in [0.2, 0.25) is 0 Å². The molecule has 0 heterocycles. The molecule has 1 nitrogen and oxygen atoms in total. The normalized spacial score (nSPS) is 42.2. The molecule has 0 unspecified atom stereocenters. The van der Waals surface area contributed by atoms with Crippen molar-refractivity contribution in [3.05, 3.63) is 17.0 Å². The highest BCUT2D eigenvalue weighted by molar-refractivity contribution is 5.25. The van der Waals surface area contributed by atoms with E-state index in [-0.39, 0.29) is 0 Å². The molecule has 1 fully saturated rings. The maximum atomic E-state index is 4.83. The van der Waals surface area contributed by atoms with Gasteiger partial charge in [0.05, 0.1) is 0 Å². The van der Waals surface area contributed by atoms with Crippen molar-refractivity contribution in [2.75, 3.05) is 7.05 Å². The van der Waals surface area contributed by atoms with E-state index in [1.807, 2.05) is 7.05 Å². The first kappa shape index (κ1) is 13.1. The van der Waals surface area contributed by atoms with Crippen LogP contribution in [-0.4, -0.2) is 13.1 Å². The van der Waals surface area contributed by atoms with Crippen LogP contribution in [0.4, 0.5) is 0 Å². The van der Waals surface area contributed by atoms with Gasteiger partial charge in [-0.1, -0.05) is 44.8 Å². The summed E-state index contributed by atoms with van der Waals surface area (Å²) >= 11 is 0. The van der Waals surface area contributed by atoms with Gasteiger partial charge in [-0.15, -0.1) is 6.04 Å². The molecule has 0 radical (unpaired) electrons. The molecule has 4 atom stereocenters. The highest BCUT2D eigenvalue weighted by Crippen LogP contribution is 2.55. The molecule has 0 saturated heterocycles. The van der Waals surface area contributed by atoms with Gasteiger partial charge in [0.25, 0.3) is 0 Å². The Balaban J connectivity index is 2.33. The third kappa shape index (κ3) is 2.07. The zero-order valence-electron chi connectivity index (χ0n) is 12.2. The average Bonchev–Trinajstić information content (AvgIpc) is 2.65. The van der Waals surface area contributed by atoms with E-state index in [4.69, 9.17) is 5.32 Å². The minimum absolute atomic E-state index is 0.395. The van der Waals surface area contributed by atoms with Crippen molar-refractivity contribution in [2.45, 2.75) is 59.4 Å². The van der Waals surface area contributed by atoms with Crippen LogP contribution >= 0.6 is 0 Å². The summed E-state index contributed by atoms with van der Waals surface area (Å²) < 4.78 is 0. The molecule has 1 heteroatoms. The van der Waals surface area contributed by atoms with Gasteiger partial charge < -0.3 is 5.32 Å². The Hall–Kier alpha value is -0.300. The minimum Gasteiger partial charge on any atom is -0.661 e. The second-order valence-electron chi connectivity index (χ2n) is 6.69. The smallest absolute Gasteiger partial charge is 0.0244 e. The molecule has 0 aromatic heterocycles. The summed E-state index contributed by atoms with van der Waals surface area (Å²) in [5.41, 5.74) is 1.99. The Kier molecular flexibility index (Phi) is 3.68. The summed E-state index contributed by atoms with van der Waals surface area (Å²) in [4.78, 5) is 0. The van der Waals surface area contributed by atoms with Gasteiger partial charge in [-0.05, 0) is 43.4 Å². The number of hydrogen-bond donors (Lipinski definition) is 0. The molecule has 17 heavy (non-hydrogen) atoms. The standard InChI is InChI=1S/C16H28N/c1-11(2)14-7-6-13(4)16(15(14)17-5)9-8-12(3)10-16/h10-11,13-15H,6-9H2,1-5H3/q-1/t13-,14+,15-,16-/m1/s1. The van der Waals surface area contributed by atoms with Crippen molar-refractivity contribution in [1.29, 1.82) is 0 Å². The second-order valence-corrected chi connectivity index (χ2v) is 6.69. The van der Waals surface area contributed by atoms with E-state index in [0.717, 1.165) is 17.8 Å². The van der Waals surface area contributed by atoms with Crippen molar-refractivity contribution in [1.82, 2.24) is 0 Å². The Bertz CT molecular complexity index is 305. The van der Waals surface area contributed by atoms with Crippen LogP contribution in [0.1, 0.15) is 53.4 Å². The van der Waals surface area contributed by atoms with Crippen LogP contribution in [0.3, 0.4) is 0 Å². The Morgan fingerprint density at radius 3 is 2.53 bits per heavy atom. The van der Waals surface area contributed by atoms with Gasteiger partial charge in [-0.3, -0.25) is 0 Å². The van der Waals surface area contributed by atoms with E-state index >= 15 is 0 Å². The first-order chi connectivity index (χ1) is 8.01. The third-order valence-corrected chi connectivity index (χ3v) is 5.41. The average molecular weight is 234 g/mol. The molecule has 0 amide bonds. The summed E-state index contributed by atoms with van der Waals surface area (Å²) in [5.74, 6) is 2.37. The van der Waals surface area contributed by atoms with Gasteiger partial charge in [0.15, 0.2) is 0 Å². The molecule has 0 bridgehead atoms. The molecule has 1 spiro atoms. The lowest BCUT2D eigenvalue weighted by Crippen LogP contribution is -2.47. The van der Waals surface area contributed by atoms with E-state index in [2.05, 4.69) is 33.8 Å². The van der Waals surface area contributed by atoms with Crippen molar-refractivity contribution >= 4 is 0 Å². The van der Waals surface area contributed by atoms with Crippen LogP contribution in [0.2, 0.25) is 0 Å². The summed E-state index contributed by atoms with van der Waals surface area (Å²) in [6, 6.07) is 0.559. The Labute approximate surface area is 107 Å². The van der Waals surface area contributed by atoms with E-state index < -0.39 is 0 Å². The molecule has 2 aliphatic rings. The highest BCUT2D eigenvalue weighted by Gasteiger charge is 2.45. The monoisotopic (exact) mass is 234 g/mol. The fourth-order valence-corrected chi connectivity index (χ4v) is 4.33. The van der Waals surface area contributed by atoms with Crippen molar-refractivity contribution < 1.29 is 0 Å². The van der Waals surface area contributed by atoms with Crippen molar-refractivity contribution in [3.8, 4) is 0 Å². The van der Waals surface area contributed by atoms with Gasteiger partial charge in [0.1, 0.15) is 0 Å². The summed E-state index contributed by atoms with van der Waals surface area (Å²) in [6.07, 6.45) is 7.98. The molecular formula is C16H28N-. The van der Waals surface area contributed by atoms with Gasteiger partial charge in [-0.2, -0.15) is 7.05 Å². The molecule has 0 aromatic carbocycles. The molecule has 0 aliphatic heterocycles. The van der Waals surface area contributed by atoms with Crippen LogP contribution in [-0.2, 0) is 0 Å². The summed E-state index contributed by atoms with van der Waals surface area (Å²) in [7, 11) is 2.04. The molecular weight excluding hydrogens is 206 g/mol. The van der Waals surface area contributed by atoms with Crippen LogP contribution in [0.25, 0.3) is 5.32 Å². The van der Waals surface area contributed by atoms with Gasteiger partial charge in [-0.25, -0.2) is 0 Å². The maximum absolute atomic E-state index is 4.83. The fourth-order valence-electron chi connectivity index (χ4n) is 4.33. The first-order valence-electron chi connectivity index (χ1n) is 7.28. The van der Waals surface area contributed by atoms with Gasteiger partial charge >= 0.3 is 0 Å². The molecule has 98 valence electrons. The summed E-state index contributed by atoms with van der Waals surface area (Å²) in [5, 5.41) is 4.83. The topological polar surface area (TPSA) is 14.1 Å². The van der Waals surface area contributed by atoms with Crippen LogP contribution < -0.4 is 0 Å². The molecule has 2 aliphatic carbocycles. The number of nitrogens with zero attached hydrogens (tertiary/aromatic N) is 1. The third-order valence-electron chi connectivity index (χ3n) is 5.41. The lowest BCUT2D eigenvalue weighted by molar-refractivity contribution is 0.0788. The summed E-state index contributed by atoms with van der Waals surface area (Å²) in [6.45, 7) is 9.49. The van der Waals surface area contributed by atoms with E-state index in [1.165, 1.54) is 25.7 Å². The predicted octanol–water partition coefficient (Wildman–Crippen LogP) is 4.79. The molecule has 2 rings (SSSR count). The Morgan fingerprint density at radius 2 is 2.06 bits per heavy atom. The van der Waals surface area contributed by atoms with E-state index in [9.17, 15) is 0 Å². The van der Waals surface area contributed by atoms with Crippen molar-refractivity contribution in [2.24, 2.45) is 23.2 Å². The lowest BCUT2D eigenvalue weighted by atomic mass is 9.58. The minimum atomic E-state index is 0.395. The number of allylic oxidation sites excluding steroid dienone is 1. The van der Waals surface area contributed by atoms with Crippen LogP contribution in [0, 0.1) is 23.2 Å². The van der Waals surface area contributed by atoms with E-state index in [1.54, 1.807) is 5.57 Å². The first-order valence-corrected chi connectivity index (χ1v) is 7.28. The fraction of sp³-hybridized carbons (Fsp3) is 0.875. The zero-order valence-corrected chi connectivity index (χ0v) is 12.2. The molecule has 1 saturated carbocycles. The van der Waals surface area contributed by atoms with Crippen LogP contribution in [0.5, 0.6) is 0 Å². The molecule has 0 N–H and O–H groups in total. The quantitative estimate of drug-likeness (QED) is 0.610. The lowest BCUT2D eigenvalue weighted by Gasteiger charge is -2.57. The Morgan fingerprint density at radius 1 is 1.35 bits per heavy atom. The number of rotatable bonds is 2. The van der Waals surface area contributed by atoms with Crippen LogP contribution in [0.15, 0.2) is 11.6 Å². The number of hydrogen-bond acceptors (Lipinski definition) is 0. The predicted molar refractivity (Wildman–Crippen MR) is 75.2 cm³/mol. The SMILES string of the molecule is C[N-][C@@H]1[C@H](C(C)C)CC[C@@H](C)[C@@]12C=C(C)CC2. The highest BCUT2D eigenvalue weighted by atomic mass is 14.9. The second kappa shape index (κ2) is 4.76. The maximum Gasteiger partial charge on any atom is -0.0244 e. The van der Waals surface area contributed by atoms with Gasteiger partial charge in [0, 0.05) is 0 Å². The van der Waals surface area contributed by atoms with E-state index in [0.29, 0.717) is 11.5 Å². The van der Waals surface area contributed by atoms with Crippen molar-refractivity contribution in [3.63, 3.8) is 0 Å².